The minimum absolute atomic E-state index is 0.567. The third-order valence-electron chi connectivity index (χ3n) is 5.24. The number of benzene rings is 1. The monoisotopic (exact) mass is 304 g/mol. The van der Waals surface area contributed by atoms with Gasteiger partial charge in [0.2, 0.25) is 0 Å². The highest BCUT2D eigenvalue weighted by Crippen LogP contribution is 2.42. The van der Waals surface area contributed by atoms with Crippen LogP contribution in [0.5, 0.6) is 0 Å². The lowest BCUT2D eigenvalue weighted by Crippen LogP contribution is -2.47. The Morgan fingerprint density at radius 3 is 2.76 bits per heavy atom. The summed E-state index contributed by atoms with van der Waals surface area (Å²) < 4.78 is 0.567. The van der Waals surface area contributed by atoms with Crippen molar-refractivity contribution in [3.8, 4) is 0 Å². The highest BCUT2D eigenvalue weighted by atomic mass is 32.2. The smallest absolute Gasteiger partial charge is 0.0281 e. The second-order valence-electron chi connectivity index (χ2n) is 6.64. The summed E-state index contributed by atoms with van der Waals surface area (Å²) >= 11 is 2.07. The molecule has 0 spiro atoms. The van der Waals surface area contributed by atoms with Gasteiger partial charge < -0.3 is 10.2 Å². The van der Waals surface area contributed by atoms with E-state index in [0.717, 1.165) is 0 Å². The van der Waals surface area contributed by atoms with E-state index in [4.69, 9.17) is 0 Å². The van der Waals surface area contributed by atoms with Crippen LogP contribution in [0.25, 0.3) is 0 Å². The molecular formula is C18H28N2S. The standard InChI is InChI=1S/C18H28N2S/c1-21-18(10-5-11-18)15-19-17-9-13-20(14-17)12-8-16-6-3-2-4-7-16/h2-4,6-7,17,19H,5,8-15H2,1H3. The molecule has 1 saturated heterocycles. The van der Waals surface area contributed by atoms with Crippen LogP contribution in [0.3, 0.4) is 0 Å². The van der Waals surface area contributed by atoms with Gasteiger partial charge in [-0.1, -0.05) is 36.8 Å². The van der Waals surface area contributed by atoms with Crippen LogP contribution in [0.2, 0.25) is 0 Å². The average Bonchev–Trinajstić information content (AvgIpc) is 2.94. The Bertz CT molecular complexity index is 425. The molecule has 2 nitrogen and oxygen atoms in total. The first-order chi connectivity index (χ1) is 10.3. The molecule has 1 saturated carbocycles. The highest BCUT2D eigenvalue weighted by Gasteiger charge is 2.36. The molecule has 1 aromatic carbocycles. The summed E-state index contributed by atoms with van der Waals surface area (Å²) in [7, 11) is 0. The maximum absolute atomic E-state index is 3.84. The molecule has 21 heavy (non-hydrogen) atoms. The first kappa shape index (κ1) is 15.4. The van der Waals surface area contributed by atoms with Crippen LogP contribution in [0.1, 0.15) is 31.2 Å². The van der Waals surface area contributed by atoms with Crippen molar-refractivity contribution in [2.45, 2.75) is 42.9 Å². The zero-order chi connectivity index (χ0) is 14.5. The summed E-state index contributed by atoms with van der Waals surface area (Å²) in [5, 5.41) is 3.84. The quantitative estimate of drug-likeness (QED) is 0.833. The number of thioether (sulfide) groups is 1. The van der Waals surface area contributed by atoms with E-state index in [1.165, 1.54) is 63.8 Å². The molecule has 1 N–H and O–H groups in total. The molecule has 1 aromatic rings. The van der Waals surface area contributed by atoms with Gasteiger partial charge in [0, 0.05) is 30.4 Å². The Balaban J connectivity index is 1.37. The highest BCUT2D eigenvalue weighted by molar-refractivity contribution is 8.00. The van der Waals surface area contributed by atoms with Crippen LogP contribution in [0.4, 0.5) is 0 Å². The Hall–Kier alpha value is -0.510. The molecule has 1 aliphatic carbocycles. The van der Waals surface area contributed by atoms with Crippen molar-refractivity contribution in [1.82, 2.24) is 10.2 Å². The lowest BCUT2D eigenvalue weighted by Gasteiger charge is -2.41. The minimum atomic E-state index is 0.567. The second-order valence-corrected chi connectivity index (χ2v) is 7.92. The summed E-state index contributed by atoms with van der Waals surface area (Å²) in [5.41, 5.74) is 1.46. The van der Waals surface area contributed by atoms with Crippen molar-refractivity contribution in [2.75, 3.05) is 32.4 Å². The fraction of sp³-hybridized carbons (Fsp3) is 0.667. The van der Waals surface area contributed by atoms with Crippen LogP contribution in [0, 0.1) is 0 Å². The molecule has 3 rings (SSSR count). The Morgan fingerprint density at radius 2 is 2.10 bits per heavy atom. The van der Waals surface area contributed by atoms with Crippen LogP contribution in [0.15, 0.2) is 30.3 Å². The molecule has 0 radical (unpaired) electrons. The van der Waals surface area contributed by atoms with Crippen LogP contribution >= 0.6 is 11.8 Å². The van der Waals surface area contributed by atoms with E-state index < -0.39 is 0 Å². The molecule has 2 aliphatic rings. The summed E-state index contributed by atoms with van der Waals surface area (Å²) in [5.74, 6) is 0. The van der Waals surface area contributed by atoms with Crippen LogP contribution in [-0.2, 0) is 6.42 Å². The van der Waals surface area contributed by atoms with Gasteiger partial charge in [0.25, 0.3) is 0 Å². The number of rotatable bonds is 7. The molecule has 116 valence electrons. The predicted octanol–water partition coefficient (Wildman–Crippen LogP) is 3.18. The van der Waals surface area contributed by atoms with E-state index in [-0.39, 0.29) is 0 Å². The third-order valence-corrected chi connectivity index (χ3v) is 6.66. The summed E-state index contributed by atoms with van der Waals surface area (Å²) in [4.78, 5) is 2.62. The minimum Gasteiger partial charge on any atom is -0.311 e. The van der Waals surface area contributed by atoms with Gasteiger partial charge in [0.15, 0.2) is 0 Å². The van der Waals surface area contributed by atoms with E-state index >= 15 is 0 Å². The van der Waals surface area contributed by atoms with Crippen molar-refractivity contribution in [3.63, 3.8) is 0 Å². The molecule has 1 aliphatic heterocycles. The maximum Gasteiger partial charge on any atom is 0.0281 e. The Morgan fingerprint density at radius 1 is 1.29 bits per heavy atom. The fourth-order valence-electron chi connectivity index (χ4n) is 3.49. The van der Waals surface area contributed by atoms with Crippen molar-refractivity contribution < 1.29 is 0 Å². The topological polar surface area (TPSA) is 15.3 Å². The average molecular weight is 305 g/mol. The summed E-state index contributed by atoms with van der Waals surface area (Å²) in [6, 6.07) is 11.6. The van der Waals surface area contributed by atoms with Crippen molar-refractivity contribution in [2.24, 2.45) is 0 Å². The maximum atomic E-state index is 3.84. The lowest BCUT2D eigenvalue weighted by atomic mass is 9.84. The molecule has 0 aromatic heterocycles. The number of nitrogens with one attached hydrogen (secondary N) is 1. The summed E-state index contributed by atoms with van der Waals surface area (Å²) in [6.45, 7) is 4.91. The first-order valence-electron chi connectivity index (χ1n) is 8.34. The van der Waals surface area contributed by atoms with Crippen molar-refractivity contribution >= 4 is 11.8 Å². The number of hydrogen-bond acceptors (Lipinski definition) is 3. The second kappa shape index (κ2) is 7.17. The molecule has 1 unspecified atom stereocenters. The molecule has 1 atom stereocenters. The van der Waals surface area contributed by atoms with Crippen LogP contribution in [-0.4, -0.2) is 48.1 Å². The SMILES string of the molecule is CSC1(CNC2CCN(CCc3ccccc3)C2)CCC1. The van der Waals surface area contributed by atoms with Gasteiger partial charge in [0.1, 0.15) is 0 Å². The van der Waals surface area contributed by atoms with E-state index in [9.17, 15) is 0 Å². The molecular weight excluding hydrogens is 276 g/mol. The van der Waals surface area contributed by atoms with Gasteiger partial charge in [0.05, 0.1) is 0 Å². The van der Waals surface area contributed by atoms with E-state index in [1.54, 1.807) is 0 Å². The molecule has 0 amide bonds. The van der Waals surface area contributed by atoms with Gasteiger partial charge in [-0.3, -0.25) is 0 Å². The summed E-state index contributed by atoms with van der Waals surface area (Å²) in [6.07, 6.45) is 9.02. The number of likely N-dealkylation sites (tertiary alicyclic amines) is 1. The number of hydrogen-bond donors (Lipinski definition) is 1. The first-order valence-corrected chi connectivity index (χ1v) is 9.57. The van der Waals surface area contributed by atoms with E-state index in [1.807, 2.05) is 0 Å². The Labute approximate surface area is 133 Å². The van der Waals surface area contributed by atoms with Gasteiger partial charge in [-0.2, -0.15) is 11.8 Å². The van der Waals surface area contributed by atoms with Crippen molar-refractivity contribution in [1.29, 1.82) is 0 Å². The van der Waals surface area contributed by atoms with E-state index in [0.29, 0.717) is 10.8 Å². The molecule has 0 bridgehead atoms. The molecule has 1 heterocycles. The van der Waals surface area contributed by atoms with Gasteiger partial charge >= 0.3 is 0 Å². The fourth-order valence-corrected chi connectivity index (χ4v) is 4.41. The third kappa shape index (κ3) is 4.02. The number of nitrogens with zero attached hydrogens (tertiary/aromatic N) is 1. The van der Waals surface area contributed by atoms with Crippen molar-refractivity contribution in [3.05, 3.63) is 35.9 Å². The van der Waals surface area contributed by atoms with Gasteiger partial charge in [-0.15, -0.1) is 0 Å². The normalized spacial score (nSPS) is 24.9. The predicted molar refractivity (Wildman–Crippen MR) is 93.1 cm³/mol. The zero-order valence-corrected chi connectivity index (χ0v) is 14.0. The molecule has 3 heteroatoms. The Kier molecular flexibility index (Phi) is 5.25. The lowest BCUT2D eigenvalue weighted by molar-refractivity contribution is 0.310. The zero-order valence-electron chi connectivity index (χ0n) is 13.2. The molecule has 2 fully saturated rings. The van der Waals surface area contributed by atoms with Crippen LogP contribution < -0.4 is 5.32 Å². The van der Waals surface area contributed by atoms with E-state index in [2.05, 4.69) is 58.6 Å². The largest absolute Gasteiger partial charge is 0.311 e. The van der Waals surface area contributed by atoms with Gasteiger partial charge in [-0.25, -0.2) is 0 Å². The van der Waals surface area contributed by atoms with Gasteiger partial charge in [-0.05, 0) is 44.0 Å².